The first-order valence-electron chi connectivity index (χ1n) is 11.2. The molecule has 0 spiro atoms. The van der Waals surface area contributed by atoms with Crippen LogP contribution in [0.25, 0.3) is 0 Å². The second kappa shape index (κ2) is 12.3. The van der Waals surface area contributed by atoms with Gasteiger partial charge in [-0.05, 0) is 46.2 Å². The molecule has 0 saturated carbocycles. The summed E-state index contributed by atoms with van der Waals surface area (Å²) in [5.74, 6) is -3.65. The van der Waals surface area contributed by atoms with Gasteiger partial charge in [0.2, 0.25) is 0 Å². The van der Waals surface area contributed by atoms with Gasteiger partial charge in [0.05, 0.1) is 10.9 Å². The number of carboxylic acid groups (broad SMARTS) is 2. The molecule has 0 aliphatic heterocycles. The maximum absolute atomic E-state index is 9.10. The average Bonchev–Trinajstić information content (AvgIpc) is 3.26. The topological polar surface area (TPSA) is 92.4 Å². The molecule has 0 radical (unpaired) electrons. The molecule has 35 heavy (non-hydrogen) atoms. The Morgan fingerprint density at radius 2 is 1.20 bits per heavy atom. The second-order valence-corrected chi connectivity index (χ2v) is 12.9. The van der Waals surface area contributed by atoms with Gasteiger partial charge in [0.1, 0.15) is 0 Å². The number of rotatable bonds is 6. The first-order chi connectivity index (χ1) is 16.3. The third-order valence-corrected chi connectivity index (χ3v) is 7.57. The molecule has 0 atom stereocenters. The third-order valence-electron chi connectivity index (χ3n) is 5.08. The van der Waals surface area contributed by atoms with Crippen LogP contribution in [0, 0.1) is 0 Å². The van der Waals surface area contributed by atoms with Gasteiger partial charge in [-0.1, -0.05) is 65.8 Å². The van der Waals surface area contributed by atoms with Crippen molar-refractivity contribution in [3.05, 3.63) is 78.4 Å². The molecule has 0 aliphatic carbocycles. The number of aromatic nitrogens is 2. The third kappa shape index (κ3) is 9.82. The van der Waals surface area contributed by atoms with Gasteiger partial charge >= 0.3 is 11.9 Å². The van der Waals surface area contributed by atoms with Crippen LogP contribution < -0.4 is 0 Å². The van der Waals surface area contributed by atoms with E-state index in [0.29, 0.717) is 4.58 Å². The van der Waals surface area contributed by atoms with E-state index in [0.717, 1.165) is 6.54 Å². The van der Waals surface area contributed by atoms with Crippen molar-refractivity contribution in [3.63, 3.8) is 0 Å². The van der Waals surface area contributed by atoms with Gasteiger partial charge in [-0.15, -0.1) is 23.5 Å². The highest BCUT2D eigenvalue weighted by molar-refractivity contribution is 8.17. The Bertz CT molecular complexity index is 1010. The number of hydrogen-bond donors (Lipinski definition) is 2. The zero-order valence-corrected chi connectivity index (χ0v) is 22.7. The van der Waals surface area contributed by atoms with Crippen molar-refractivity contribution in [1.29, 1.82) is 0 Å². The quantitative estimate of drug-likeness (QED) is 0.219. The number of nitrogens with zero attached hydrogens (tertiary/aromatic N) is 2. The molecule has 0 bridgehead atoms. The minimum absolute atomic E-state index is 0.183. The lowest BCUT2D eigenvalue weighted by Crippen LogP contribution is -2.11. The minimum atomic E-state index is -1.82. The van der Waals surface area contributed by atoms with Crippen molar-refractivity contribution in [2.45, 2.75) is 73.3 Å². The molecule has 0 amide bonds. The molecule has 3 rings (SSSR count). The van der Waals surface area contributed by atoms with Crippen LogP contribution in [0.4, 0.5) is 0 Å². The maximum Gasteiger partial charge on any atom is 0.414 e. The molecule has 2 N–H and O–H groups in total. The maximum atomic E-state index is 9.10. The molecule has 188 valence electrons. The van der Waals surface area contributed by atoms with E-state index in [1.54, 1.807) is 0 Å². The molecule has 6 nitrogen and oxygen atoms in total. The fourth-order valence-corrected chi connectivity index (χ4v) is 5.58. The summed E-state index contributed by atoms with van der Waals surface area (Å²) in [6.45, 7) is 14.5. The first-order valence-corrected chi connectivity index (χ1v) is 13.0. The van der Waals surface area contributed by atoms with E-state index >= 15 is 0 Å². The fraction of sp³-hybridized carbons (Fsp3) is 0.370. The molecule has 0 aliphatic rings. The van der Waals surface area contributed by atoms with Crippen molar-refractivity contribution >= 4 is 35.5 Å². The fourth-order valence-electron chi connectivity index (χ4n) is 3.04. The van der Waals surface area contributed by atoms with Crippen LogP contribution in [0.5, 0.6) is 0 Å². The molecule has 1 heterocycles. The molecule has 2 aromatic carbocycles. The van der Waals surface area contributed by atoms with Crippen LogP contribution in [0.1, 0.15) is 52.7 Å². The summed E-state index contributed by atoms with van der Waals surface area (Å²) in [6.07, 6.45) is 5.79. The van der Waals surface area contributed by atoms with E-state index in [-0.39, 0.29) is 10.8 Å². The summed E-state index contributed by atoms with van der Waals surface area (Å²) in [4.78, 5) is 25.0. The highest BCUT2D eigenvalue weighted by Crippen LogP contribution is 2.38. The molecule has 0 saturated heterocycles. The van der Waals surface area contributed by atoms with Crippen LogP contribution in [-0.4, -0.2) is 36.3 Å². The summed E-state index contributed by atoms with van der Waals surface area (Å²) in [5, 5.41) is 14.8. The monoisotopic (exact) mass is 514 g/mol. The number of thioether (sulfide) groups is 2. The van der Waals surface area contributed by atoms with E-state index in [4.69, 9.17) is 19.8 Å². The van der Waals surface area contributed by atoms with Crippen molar-refractivity contribution < 1.29 is 19.8 Å². The summed E-state index contributed by atoms with van der Waals surface area (Å²) in [5.41, 5.74) is 3.11. The SMILES string of the molecule is CC(C)(C)c1ccc(SC(Cn2ccnc2)Sc2ccc(C(C)(C)C)cc2)cc1.O=C(O)C(=O)O. The number of imidazole rings is 1. The van der Waals surface area contributed by atoms with E-state index in [1.165, 1.54) is 20.9 Å². The number of benzene rings is 2. The lowest BCUT2D eigenvalue weighted by atomic mass is 9.87. The Labute approximate surface area is 216 Å². The summed E-state index contributed by atoms with van der Waals surface area (Å²) < 4.78 is 2.53. The van der Waals surface area contributed by atoms with Gasteiger partial charge < -0.3 is 14.8 Å². The van der Waals surface area contributed by atoms with E-state index in [1.807, 2.05) is 42.2 Å². The number of carboxylic acids is 2. The van der Waals surface area contributed by atoms with Gasteiger partial charge in [0, 0.05) is 28.7 Å². The van der Waals surface area contributed by atoms with Crippen molar-refractivity contribution in [1.82, 2.24) is 9.55 Å². The van der Waals surface area contributed by atoms with E-state index in [9.17, 15) is 0 Å². The summed E-state index contributed by atoms with van der Waals surface area (Å²) in [6, 6.07) is 18.1. The van der Waals surface area contributed by atoms with Gasteiger partial charge in [-0.25, -0.2) is 14.6 Å². The molecule has 1 aromatic heterocycles. The summed E-state index contributed by atoms with van der Waals surface area (Å²) in [7, 11) is 0. The largest absolute Gasteiger partial charge is 0.473 e. The van der Waals surface area contributed by atoms with Crippen LogP contribution in [0.3, 0.4) is 0 Å². The highest BCUT2D eigenvalue weighted by Gasteiger charge is 2.17. The molecule has 0 unspecified atom stereocenters. The normalized spacial score (nSPS) is 11.6. The first kappa shape index (κ1) is 28.5. The zero-order valence-electron chi connectivity index (χ0n) is 21.1. The van der Waals surface area contributed by atoms with Crippen LogP contribution in [0.15, 0.2) is 77.0 Å². The number of hydrogen-bond acceptors (Lipinski definition) is 5. The Hall–Kier alpha value is -2.71. The predicted octanol–water partition coefficient (Wildman–Crippen LogP) is 6.54. The molecular weight excluding hydrogens is 480 g/mol. The summed E-state index contributed by atoms with van der Waals surface area (Å²) >= 11 is 3.85. The Morgan fingerprint density at radius 1 is 0.800 bits per heavy atom. The average molecular weight is 515 g/mol. The minimum Gasteiger partial charge on any atom is -0.473 e. The Balaban J connectivity index is 0.000000641. The zero-order chi connectivity index (χ0) is 26.2. The molecule has 0 fully saturated rings. The number of aliphatic carboxylic acids is 2. The Kier molecular flexibility index (Phi) is 10.0. The van der Waals surface area contributed by atoms with Gasteiger partial charge in [0.15, 0.2) is 0 Å². The van der Waals surface area contributed by atoms with Crippen molar-refractivity contribution in [2.75, 3.05) is 0 Å². The van der Waals surface area contributed by atoms with Crippen LogP contribution >= 0.6 is 23.5 Å². The predicted molar refractivity (Wildman–Crippen MR) is 143 cm³/mol. The van der Waals surface area contributed by atoms with Gasteiger partial charge in [-0.2, -0.15) is 0 Å². The smallest absolute Gasteiger partial charge is 0.414 e. The lowest BCUT2D eigenvalue weighted by Gasteiger charge is -2.21. The van der Waals surface area contributed by atoms with Crippen molar-refractivity contribution in [2.24, 2.45) is 0 Å². The Morgan fingerprint density at radius 3 is 1.49 bits per heavy atom. The molecule has 3 aromatic rings. The van der Waals surface area contributed by atoms with E-state index < -0.39 is 11.9 Å². The highest BCUT2D eigenvalue weighted by atomic mass is 32.2. The lowest BCUT2D eigenvalue weighted by molar-refractivity contribution is -0.159. The van der Waals surface area contributed by atoms with Gasteiger partial charge in [0.25, 0.3) is 0 Å². The van der Waals surface area contributed by atoms with E-state index in [2.05, 4.69) is 99.6 Å². The number of carbonyl (C=O) groups is 2. The second-order valence-electron chi connectivity index (χ2n) is 10.1. The van der Waals surface area contributed by atoms with Gasteiger partial charge in [-0.3, -0.25) is 0 Å². The standard InChI is InChI=1S/C25H32N2S2.C2H2O4/c1-24(2,3)19-7-11-21(12-8-19)28-23(17-27-16-15-26-18-27)29-22-13-9-20(10-14-22)25(4,5)6;3-1(4)2(5)6/h7-16,18,23H,17H2,1-6H3;(H,3,4)(H,5,6). The van der Waals surface area contributed by atoms with Crippen molar-refractivity contribution in [3.8, 4) is 0 Å². The van der Waals surface area contributed by atoms with Crippen LogP contribution in [-0.2, 0) is 27.0 Å². The molecule has 8 heteroatoms. The molecular formula is C27H34N2O4S2. The van der Waals surface area contributed by atoms with Crippen LogP contribution in [0.2, 0.25) is 0 Å².